The van der Waals surface area contributed by atoms with Crippen LogP contribution in [0.4, 0.5) is 23.8 Å². The summed E-state index contributed by atoms with van der Waals surface area (Å²) in [5, 5.41) is 88.0. The fraction of sp³-hybridized carbons (Fsp3) is 0.276. The molecule has 10 aromatic heterocycles. The zero-order chi connectivity index (χ0) is 71.6. The number of nitrogens with one attached hydrogen (secondary N) is 6. The molecule has 0 aromatic carbocycles. The van der Waals surface area contributed by atoms with E-state index in [0.717, 1.165) is 156 Å². The van der Waals surface area contributed by atoms with Gasteiger partial charge in [0.2, 0.25) is 23.8 Å². The lowest BCUT2D eigenvalue weighted by atomic mass is 10.3. The van der Waals surface area contributed by atoms with Crippen molar-refractivity contribution in [1.29, 1.82) is 0 Å². The van der Waals surface area contributed by atoms with E-state index < -0.39 is 59.7 Å². The van der Waals surface area contributed by atoms with Gasteiger partial charge in [0.05, 0.1) is 47.6 Å². The number of hydrogen-bond acceptors (Lipinski definition) is 26. The van der Waals surface area contributed by atoms with Crippen LogP contribution in [-0.4, -0.2) is 244 Å². The number of nitrogens with zero attached hydrogens (tertiary/aromatic N) is 12. The number of imidazole rings is 4. The van der Waals surface area contributed by atoms with E-state index in [1.165, 1.54) is 0 Å². The lowest BCUT2D eigenvalue weighted by molar-refractivity contribution is -0.159. The normalized spacial score (nSPS) is 13.7. The first kappa shape index (κ1) is 73.9. The van der Waals surface area contributed by atoms with E-state index in [9.17, 15) is 0 Å². The molecule has 12 heterocycles. The number of aromatic amines is 2. The molecule has 518 valence electrons. The van der Waals surface area contributed by atoms with Crippen molar-refractivity contribution >= 4 is 128 Å². The van der Waals surface area contributed by atoms with Crippen LogP contribution in [0.2, 0.25) is 0 Å². The van der Waals surface area contributed by atoms with E-state index in [0.29, 0.717) is 25.2 Å². The number of hydrogen-bond donors (Lipinski definition) is 16. The Hall–Kier alpha value is -13.1. The standard InChI is InChI=1S/2C24H27N9O.5C2H2O4/c2*1-16-4-5-18(34-16)15-33-22-20(3-2-8-26-22)31-24(33)28-17-7-11-32(14-17)12-10-27-23-29-19-6-9-25-13-21(19)30-23;5*3-1(4)2(5)6/h2*2-6,8-9,13,17H,7,10-12,14-15H2,1H3,(H,28,31)(H2,27,29,30);5*(H,3,4)(H,5,6). The number of carbonyl (C=O) groups is 10. The Morgan fingerprint density at radius 2 is 0.806 bits per heavy atom. The monoisotopic (exact) mass is 1360 g/mol. The number of likely N-dealkylation sites (tertiary alicyclic amines) is 2. The number of carboxylic acids is 10. The highest BCUT2D eigenvalue weighted by atomic mass is 16.5. The third-order valence-corrected chi connectivity index (χ3v) is 13.4. The predicted molar refractivity (Wildman–Crippen MR) is 338 cm³/mol. The largest absolute Gasteiger partial charge is 0.473 e. The quantitative estimate of drug-likeness (QED) is 0.0617. The molecule has 2 fully saturated rings. The van der Waals surface area contributed by atoms with Gasteiger partial charge in [0.25, 0.3) is 0 Å². The van der Waals surface area contributed by atoms with Crippen molar-refractivity contribution in [1.82, 2.24) is 68.8 Å². The number of H-pyrrole nitrogens is 2. The second kappa shape index (κ2) is 35.8. The van der Waals surface area contributed by atoms with E-state index >= 15 is 0 Å². The molecule has 10 aromatic rings. The van der Waals surface area contributed by atoms with Crippen LogP contribution in [0.15, 0.2) is 107 Å². The first-order valence-corrected chi connectivity index (χ1v) is 28.7. The average molecular weight is 1370 g/mol. The summed E-state index contributed by atoms with van der Waals surface area (Å²) >= 11 is 0. The average Bonchev–Trinajstić information content (AvgIpc) is 1.66. The lowest BCUT2D eigenvalue weighted by Gasteiger charge is -2.17. The molecule has 0 saturated carbocycles. The molecule has 0 amide bonds. The maximum absolute atomic E-state index is 9.10. The first-order valence-electron chi connectivity index (χ1n) is 28.7. The maximum atomic E-state index is 9.10. The second-order valence-corrected chi connectivity index (χ2v) is 20.5. The first-order chi connectivity index (χ1) is 46.6. The number of aliphatic carboxylic acids is 10. The van der Waals surface area contributed by atoms with Gasteiger partial charge in [-0.2, -0.15) is 0 Å². The molecule has 40 nitrogen and oxygen atoms in total. The lowest BCUT2D eigenvalue weighted by Crippen LogP contribution is -2.30. The van der Waals surface area contributed by atoms with Gasteiger partial charge in [-0.25, -0.2) is 77.8 Å². The zero-order valence-corrected chi connectivity index (χ0v) is 51.6. The molecule has 98 heavy (non-hydrogen) atoms. The summed E-state index contributed by atoms with van der Waals surface area (Å²) in [4.78, 5) is 139. The number of carboxylic acid groups (broad SMARTS) is 10. The zero-order valence-electron chi connectivity index (χ0n) is 51.6. The molecule has 2 aliphatic rings. The molecule has 0 radical (unpaired) electrons. The van der Waals surface area contributed by atoms with Gasteiger partial charge in [-0.05, 0) is 87.4 Å². The number of pyridine rings is 4. The summed E-state index contributed by atoms with van der Waals surface area (Å²) in [6.07, 6.45) is 12.8. The minimum Gasteiger partial charge on any atom is -0.473 e. The van der Waals surface area contributed by atoms with Gasteiger partial charge in [-0.3, -0.25) is 28.9 Å². The molecule has 0 spiro atoms. The minimum atomic E-state index is -1.82. The minimum absolute atomic E-state index is 0.325. The number of rotatable bonds is 16. The van der Waals surface area contributed by atoms with Crippen LogP contribution in [0.25, 0.3) is 44.4 Å². The maximum Gasteiger partial charge on any atom is 0.414 e. The highest BCUT2D eigenvalue weighted by Gasteiger charge is 2.27. The smallest absolute Gasteiger partial charge is 0.414 e. The van der Waals surface area contributed by atoms with Gasteiger partial charge in [0.15, 0.2) is 11.3 Å². The topological polar surface area (TPSA) is 598 Å². The van der Waals surface area contributed by atoms with Crippen molar-refractivity contribution < 1.29 is 108 Å². The highest BCUT2D eigenvalue weighted by molar-refractivity contribution is 6.29. The van der Waals surface area contributed by atoms with Crippen molar-refractivity contribution in [3.8, 4) is 0 Å². The summed E-state index contributed by atoms with van der Waals surface area (Å²) in [7, 11) is 0. The molecule has 0 bridgehead atoms. The Balaban J connectivity index is 0.000000219. The fourth-order valence-corrected chi connectivity index (χ4v) is 9.11. The van der Waals surface area contributed by atoms with E-state index in [1.807, 2.05) is 74.5 Å². The van der Waals surface area contributed by atoms with Gasteiger partial charge in [-0.1, -0.05) is 0 Å². The van der Waals surface area contributed by atoms with Crippen LogP contribution in [0.1, 0.15) is 35.9 Å². The Bertz CT molecular complexity index is 3940. The molecule has 2 aliphatic heterocycles. The fourth-order valence-electron chi connectivity index (χ4n) is 9.11. The van der Waals surface area contributed by atoms with E-state index in [-0.39, 0.29) is 0 Å². The molecule has 40 heteroatoms. The highest BCUT2D eigenvalue weighted by Crippen LogP contribution is 2.25. The van der Waals surface area contributed by atoms with Crippen molar-refractivity contribution in [3.63, 3.8) is 0 Å². The van der Waals surface area contributed by atoms with E-state index in [4.69, 9.17) is 118 Å². The van der Waals surface area contributed by atoms with E-state index in [2.05, 4.69) is 80.1 Å². The van der Waals surface area contributed by atoms with Crippen molar-refractivity contribution in [2.45, 2.75) is 51.9 Å². The third-order valence-electron chi connectivity index (χ3n) is 13.4. The van der Waals surface area contributed by atoms with Gasteiger partial charge in [-0.15, -0.1) is 0 Å². The Labute approximate surface area is 549 Å². The van der Waals surface area contributed by atoms with Gasteiger partial charge >= 0.3 is 59.7 Å². The summed E-state index contributed by atoms with van der Waals surface area (Å²) in [6, 6.07) is 20.3. The van der Waals surface area contributed by atoms with E-state index in [1.54, 1.807) is 37.2 Å². The Morgan fingerprint density at radius 1 is 0.459 bits per heavy atom. The summed E-state index contributed by atoms with van der Waals surface area (Å²) < 4.78 is 15.8. The van der Waals surface area contributed by atoms with Crippen LogP contribution in [0.5, 0.6) is 0 Å². The molecule has 2 unspecified atom stereocenters. The Morgan fingerprint density at radius 3 is 1.11 bits per heavy atom. The van der Waals surface area contributed by atoms with Crippen LogP contribution in [0, 0.1) is 13.8 Å². The molecule has 2 atom stereocenters. The summed E-state index contributed by atoms with van der Waals surface area (Å²) in [6.45, 7) is 12.6. The van der Waals surface area contributed by atoms with Crippen LogP contribution < -0.4 is 21.3 Å². The van der Waals surface area contributed by atoms with Gasteiger partial charge in [0, 0.05) is 89.2 Å². The molecular formula is C58H64N18O22. The third kappa shape index (κ3) is 23.2. The molecule has 2 saturated heterocycles. The Kier molecular flexibility index (Phi) is 27.0. The SMILES string of the molecule is Cc1ccc(Cn2c(NC3CCN(CCNc4nc5ccncc5[nH]4)C3)nc3cccnc32)o1.Cc1ccc(Cn2c(NC3CCN(CCNc4nc5ccncc5[nH]4)C3)nc3cccnc32)o1.O=C(O)C(=O)O.O=C(O)C(=O)O.O=C(O)C(=O)O.O=C(O)C(=O)O.O=C(O)C(=O)O. The van der Waals surface area contributed by atoms with Crippen molar-refractivity contribution in [3.05, 3.63) is 121 Å². The predicted octanol–water partition coefficient (Wildman–Crippen LogP) is 2.28. The molecule has 12 rings (SSSR count). The molecule has 16 N–H and O–H groups in total. The van der Waals surface area contributed by atoms with Crippen LogP contribution in [0.3, 0.4) is 0 Å². The number of fused-ring (bicyclic) bond motifs is 4. The summed E-state index contributed by atoms with van der Waals surface area (Å²) in [5.74, 6) is -11.4. The van der Waals surface area contributed by atoms with Crippen LogP contribution >= 0.6 is 0 Å². The molecule has 0 aliphatic carbocycles. The summed E-state index contributed by atoms with van der Waals surface area (Å²) in [5.41, 5.74) is 7.21. The molecular weight excluding hydrogens is 1300 g/mol. The number of furan rings is 2. The van der Waals surface area contributed by atoms with Crippen molar-refractivity contribution in [2.75, 3.05) is 73.6 Å². The number of aryl methyl sites for hydroxylation is 2. The number of aromatic nitrogens is 12. The van der Waals surface area contributed by atoms with Crippen LogP contribution in [-0.2, 0) is 61.0 Å². The number of anilines is 4. The second-order valence-electron chi connectivity index (χ2n) is 20.5. The van der Waals surface area contributed by atoms with Gasteiger partial charge in [0.1, 0.15) is 34.1 Å². The van der Waals surface area contributed by atoms with Crippen molar-refractivity contribution in [2.24, 2.45) is 0 Å². The van der Waals surface area contributed by atoms with Gasteiger partial charge < -0.3 is 91.1 Å².